The predicted octanol–water partition coefficient (Wildman–Crippen LogP) is 3.78. The molecule has 3 aromatic heterocycles. The van der Waals surface area contributed by atoms with Gasteiger partial charge in [0.25, 0.3) is 0 Å². The molecule has 4 rings (SSSR count). The Morgan fingerprint density at radius 1 is 1.34 bits per heavy atom. The number of fused-ring (bicyclic) bond motifs is 1. The average molecular weight is 418 g/mol. The van der Waals surface area contributed by atoms with Gasteiger partial charge in [-0.3, -0.25) is 15.1 Å². The molecule has 1 atom stereocenters. The molecule has 0 radical (unpaired) electrons. The Kier molecular flexibility index (Phi) is 4.79. The van der Waals surface area contributed by atoms with Gasteiger partial charge in [0.05, 0.1) is 30.6 Å². The van der Waals surface area contributed by atoms with Crippen LogP contribution in [0.25, 0.3) is 33.5 Å². The van der Waals surface area contributed by atoms with E-state index in [0.717, 1.165) is 11.1 Å². The van der Waals surface area contributed by atoms with E-state index >= 15 is 4.39 Å². The first kappa shape index (κ1) is 19.4. The first-order valence-electron chi connectivity index (χ1n) is 8.97. The number of hydrogen-bond acceptors (Lipinski definition) is 5. The highest BCUT2D eigenvalue weighted by atomic mass is 35.5. The quantitative estimate of drug-likeness (QED) is 0.516. The highest BCUT2D eigenvalue weighted by molar-refractivity contribution is 6.33. The second-order valence-corrected chi connectivity index (χ2v) is 7.43. The molecule has 8 nitrogen and oxygen atoms in total. The van der Waals surface area contributed by atoms with Gasteiger partial charge in [-0.2, -0.15) is 10.2 Å². The van der Waals surface area contributed by atoms with E-state index in [-0.39, 0.29) is 16.8 Å². The van der Waals surface area contributed by atoms with Gasteiger partial charge in [0.2, 0.25) is 0 Å². The summed E-state index contributed by atoms with van der Waals surface area (Å²) < 4.78 is 22.2. The maximum absolute atomic E-state index is 15.2. The molecule has 0 unspecified atom stereocenters. The second kappa shape index (κ2) is 7.16. The van der Waals surface area contributed by atoms with Crippen LogP contribution in [0.4, 0.5) is 4.39 Å². The molecule has 1 aromatic carbocycles. The molecule has 0 fully saturated rings. The molecule has 29 heavy (non-hydrogen) atoms. The van der Waals surface area contributed by atoms with Crippen molar-refractivity contribution in [3.8, 4) is 28.4 Å². The molecule has 0 saturated heterocycles. The number of aromatic nitrogens is 6. The first-order valence-corrected chi connectivity index (χ1v) is 9.35. The van der Waals surface area contributed by atoms with Gasteiger partial charge in [0, 0.05) is 29.8 Å². The molecular weight excluding hydrogens is 397 g/mol. The molecule has 4 aromatic rings. The van der Waals surface area contributed by atoms with Crippen LogP contribution in [0.15, 0.2) is 18.5 Å². The van der Waals surface area contributed by atoms with Crippen molar-refractivity contribution in [3.05, 3.63) is 35.1 Å². The van der Waals surface area contributed by atoms with Crippen LogP contribution in [-0.2, 0) is 7.05 Å². The van der Waals surface area contributed by atoms with Crippen LogP contribution in [0, 0.1) is 5.82 Å². The largest absolute Gasteiger partial charge is 0.495 e. The van der Waals surface area contributed by atoms with Gasteiger partial charge in [-0.15, -0.1) is 0 Å². The lowest BCUT2D eigenvalue weighted by molar-refractivity contribution is 0.309. The predicted molar refractivity (Wildman–Crippen MR) is 109 cm³/mol. The summed E-state index contributed by atoms with van der Waals surface area (Å²) in [6.45, 7) is 2.02. The number of H-pyrrole nitrogens is 2. The standard InChI is InChI=1S/C19H21ClFN7O/c1-9(27(2)3)18-24-19(26-25-18)17-13(10-7-22-23-8-10)11-6-12(29-5)14(20)15(21)16(11)28(17)4/h6-9H,1-5H3,(H,22,23)(H,24,25,26)/t9-/m1/s1. The first-order chi connectivity index (χ1) is 13.8. The number of aromatic amines is 2. The summed E-state index contributed by atoms with van der Waals surface area (Å²) in [7, 11) is 7.14. The molecule has 0 aliphatic heterocycles. The summed E-state index contributed by atoms with van der Waals surface area (Å²) in [6.07, 6.45) is 3.42. The smallest absolute Gasteiger partial charge is 0.198 e. The minimum absolute atomic E-state index is 0.0367. The third-order valence-corrected chi connectivity index (χ3v) is 5.57. The Morgan fingerprint density at radius 2 is 2.10 bits per heavy atom. The fraction of sp³-hybridized carbons (Fsp3) is 0.316. The van der Waals surface area contributed by atoms with Gasteiger partial charge in [0.15, 0.2) is 11.6 Å². The minimum atomic E-state index is -0.558. The Hall–Kier alpha value is -2.91. The van der Waals surface area contributed by atoms with Crippen LogP contribution in [0.5, 0.6) is 5.75 Å². The van der Waals surface area contributed by atoms with Crippen molar-refractivity contribution in [1.82, 2.24) is 34.8 Å². The van der Waals surface area contributed by atoms with Gasteiger partial charge >= 0.3 is 0 Å². The second-order valence-electron chi connectivity index (χ2n) is 7.06. The van der Waals surface area contributed by atoms with Crippen molar-refractivity contribution in [2.24, 2.45) is 7.05 Å². The van der Waals surface area contributed by atoms with E-state index < -0.39 is 5.82 Å². The van der Waals surface area contributed by atoms with Gasteiger partial charge in [-0.1, -0.05) is 11.6 Å². The van der Waals surface area contributed by atoms with E-state index in [9.17, 15) is 0 Å². The van der Waals surface area contributed by atoms with Crippen LogP contribution >= 0.6 is 11.6 Å². The van der Waals surface area contributed by atoms with E-state index in [4.69, 9.17) is 16.3 Å². The molecule has 0 spiro atoms. The minimum Gasteiger partial charge on any atom is -0.495 e. The molecule has 3 heterocycles. The lowest BCUT2D eigenvalue weighted by Gasteiger charge is -2.16. The molecular formula is C19H21ClFN7O. The number of rotatable bonds is 5. The van der Waals surface area contributed by atoms with Crippen molar-refractivity contribution >= 4 is 22.5 Å². The number of aryl methyl sites for hydroxylation is 1. The summed E-state index contributed by atoms with van der Waals surface area (Å²) >= 11 is 6.18. The van der Waals surface area contributed by atoms with Gasteiger partial charge < -0.3 is 9.30 Å². The number of nitrogens with zero attached hydrogens (tertiary/aromatic N) is 5. The van der Waals surface area contributed by atoms with E-state index in [1.54, 1.807) is 30.1 Å². The maximum Gasteiger partial charge on any atom is 0.198 e. The third kappa shape index (κ3) is 2.97. The summed E-state index contributed by atoms with van der Waals surface area (Å²) in [5, 5.41) is 14.8. The van der Waals surface area contributed by atoms with Crippen molar-refractivity contribution in [1.29, 1.82) is 0 Å². The Labute approximate surface area is 171 Å². The molecule has 0 bridgehead atoms. The Bertz CT molecular complexity index is 1180. The van der Waals surface area contributed by atoms with E-state index in [0.29, 0.717) is 28.2 Å². The fourth-order valence-electron chi connectivity index (χ4n) is 3.42. The monoisotopic (exact) mass is 417 g/mol. The summed E-state index contributed by atoms with van der Waals surface area (Å²) in [5.74, 6) is 0.870. The topological polar surface area (TPSA) is 87.7 Å². The van der Waals surface area contributed by atoms with Gasteiger partial charge in [-0.05, 0) is 27.1 Å². The van der Waals surface area contributed by atoms with Crippen LogP contribution in [0.2, 0.25) is 5.02 Å². The van der Waals surface area contributed by atoms with Crippen LogP contribution < -0.4 is 4.74 Å². The normalized spacial score (nSPS) is 12.8. The molecule has 0 saturated carbocycles. The van der Waals surface area contributed by atoms with E-state index in [2.05, 4.69) is 25.4 Å². The van der Waals surface area contributed by atoms with Crippen molar-refractivity contribution in [2.45, 2.75) is 13.0 Å². The maximum atomic E-state index is 15.2. The SMILES string of the molecule is COc1cc2c(-c3cn[nH]c3)c(-c3n[nH]c([C@@H](C)N(C)C)n3)n(C)c2c(F)c1Cl. The molecule has 152 valence electrons. The average Bonchev–Trinajstić information content (AvgIpc) is 3.42. The summed E-state index contributed by atoms with van der Waals surface area (Å²) in [4.78, 5) is 6.70. The highest BCUT2D eigenvalue weighted by Crippen LogP contribution is 2.44. The van der Waals surface area contributed by atoms with Crippen molar-refractivity contribution in [3.63, 3.8) is 0 Å². The van der Waals surface area contributed by atoms with E-state index in [1.807, 2.05) is 25.9 Å². The summed E-state index contributed by atoms with van der Waals surface area (Å²) in [5.41, 5.74) is 2.52. The number of halogens is 2. The van der Waals surface area contributed by atoms with Crippen LogP contribution in [-0.4, -0.2) is 56.1 Å². The lowest BCUT2D eigenvalue weighted by atomic mass is 10.0. The Balaban J connectivity index is 2.05. The fourth-order valence-corrected chi connectivity index (χ4v) is 3.64. The number of hydrogen-bond donors (Lipinski definition) is 2. The van der Waals surface area contributed by atoms with Crippen molar-refractivity contribution < 1.29 is 9.13 Å². The Morgan fingerprint density at radius 3 is 2.72 bits per heavy atom. The number of methoxy groups -OCH3 is 1. The van der Waals surface area contributed by atoms with Gasteiger partial charge in [-0.25, -0.2) is 9.37 Å². The number of nitrogens with one attached hydrogen (secondary N) is 2. The third-order valence-electron chi connectivity index (χ3n) is 5.22. The molecule has 0 aliphatic rings. The molecule has 10 heteroatoms. The lowest BCUT2D eigenvalue weighted by Crippen LogP contribution is -2.17. The zero-order valence-electron chi connectivity index (χ0n) is 16.7. The van der Waals surface area contributed by atoms with E-state index in [1.165, 1.54) is 7.11 Å². The van der Waals surface area contributed by atoms with Crippen LogP contribution in [0.1, 0.15) is 18.8 Å². The zero-order chi connectivity index (χ0) is 20.9. The molecule has 2 N–H and O–H groups in total. The zero-order valence-corrected chi connectivity index (χ0v) is 17.5. The van der Waals surface area contributed by atoms with Crippen molar-refractivity contribution in [2.75, 3.05) is 21.2 Å². The highest BCUT2D eigenvalue weighted by Gasteiger charge is 2.27. The van der Waals surface area contributed by atoms with Crippen LogP contribution in [0.3, 0.4) is 0 Å². The molecule has 0 aliphatic carbocycles. The summed E-state index contributed by atoms with van der Waals surface area (Å²) in [6, 6.07) is 1.76. The van der Waals surface area contributed by atoms with Gasteiger partial charge in [0.1, 0.15) is 16.6 Å². The number of ether oxygens (including phenoxy) is 1. The molecule has 0 amide bonds. The number of benzene rings is 1.